The molecule has 0 aliphatic carbocycles. The van der Waals surface area contributed by atoms with Gasteiger partial charge in [-0.25, -0.2) is 4.39 Å². The third-order valence-corrected chi connectivity index (χ3v) is 7.13. The molecule has 1 aliphatic rings. The molecule has 1 aliphatic heterocycles. The highest BCUT2D eigenvalue weighted by Gasteiger charge is 2.26. The van der Waals surface area contributed by atoms with E-state index in [0.29, 0.717) is 36.8 Å². The molecule has 8 heteroatoms. The summed E-state index contributed by atoms with van der Waals surface area (Å²) in [5, 5.41) is 12.7. The second-order valence-corrected chi connectivity index (χ2v) is 9.23. The fraction of sp³-hybridized carbons (Fsp3) is 0.318. The Morgan fingerprint density at radius 2 is 1.80 bits per heavy atom. The lowest BCUT2D eigenvalue weighted by atomic mass is 9.95. The van der Waals surface area contributed by atoms with E-state index in [9.17, 15) is 9.18 Å². The summed E-state index contributed by atoms with van der Waals surface area (Å²) < 4.78 is 14.0. The molecule has 4 rings (SSSR count). The van der Waals surface area contributed by atoms with Crippen molar-refractivity contribution in [1.29, 1.82) is 0 Å². The number of thioether (sulfide) groups is 1. The van der Waals surface area contributed by atoms with Gasteiger partial charge in [-0.2, -0.15) is 0 Å². The van der Waals surface area contributed by atoms with Crippen LogP contribution in [-0.4, -0.2) is 29.2 Å². The normalized spacial score (nSPS) is 14.6. The molecule has 0 bridgehead atoms. The van der Waals surface area contributed by atoms with Gasteiger partial charge in [0.25, 0.3) is 0 Å². The summed E-state index contributed by atoms with van der Waals surface area (Å²) >= 11 is 3.20. The minimum Gasteiger partial charge on any atom is -0.369 e. The molecule has 1 fully saturated rings. The fourth-order valence-corrected chi connectivity index (χ4v) is 5.28. The van der Waals surface area contributed by atoms with Crippen molar-refractivity contribution in [2.24, 2.45) is 5.92 Å². The van der Waals surface area contributed by atoms with Crippen molar-refractivity contribution in [3.8, 4) is 0 Å². The van der Waals surface area contributed by atoms with Crippen molar-refractivity contribution < 1.29 is 9.18 Å². The smallest absolute Gasteiger partial charge is 0.229 e. The van der Waals surface area contributed by atoms with Crippen LogP contribution in [0.5, 0.6) is 0 Å². The van der Waals surface area contributed by atoms with Crippen molar-refractivity contribution in [3.05, 3.63) is 71.0 Å². The summed E-state index contributed by atoms with van der Waals surface area (Å²) in [5.74, 6) is 1.36. The van der Waals surface area contributed by atoms with Gasteiger partial charge in [-0.1, -0.05) is 53.8 Å². The van der Waals surface area contributed by atoms with Gasteiger partial charge in [-0.3, -0.25) is 4.79 Å². The monoisotopic (exact) mass is 442 g/mol. The van der Waals surface area contributed by atoms with Gasteiger partial charge in [-0.15, -0.1) is 22.0 Å². The standard InChI is InChI=1S/C22H23FN4OS2/c23-18-8-4-5-9-19(18)27-12-10-17(11-13-27)21(28)24-22-26-25-20(30-22)15-29-14-16-6-2-1-3-7-16/h1-9,17H,10-15H2,(H,24,26,28). The van der Waals surface area contributed by atoms with E-state index in [1.54, 1.807) is 23.9 Å². The van der Waals surface area contributed by atoms with Crippen molar-refractivity contribution in [2.75, 3.05) is 23.3 Å². The van der Waals surface area contributed by atoms with Crippen LogP contribution in [-0.2, 0) is 16.3 Å². The number of piperidine rings is 1. The molecule has 0 unspecified atom stereocenters. The van der Waals surface area contributed by atoms with Gasteiger partial charge >= 0.3 is 0 Å². The van der Waals surface area contributed by atoms with Crippen molar-refractivity contribution in [3.63, 3.8) is 0 Å². The summed E-state index contributed by atoms with van der Waals surface area (Å²) in [5.41, 5.74) is 1.89. The largest absolute Gasteiger partial charge is 0.369 e. The van der Waals surface area contributed by atoms with Gasteiger partial charge in [-0.05, 0) is 30.5 Å². The molecule has 156 valence electrons. The van der Waals surface area contributed by atoms with Crippen molar-refractivity contribution >= 4 is 39.8 Å². The highest BCUT2D eigenvalue weighted by molar-refractivity contribution is 7.97. The van der Waals surface area contributed by atoms with Gasteiger partial charge in [0.1, 0.15) is 10.8 Å². The minimum absolute atomic E-state index is 0.0252. The first kappa shape index (κ1) is 20.8. The Morgan fingerprint density at radius 3 is 2.57 bits per heavy atom. The average molecular weight is 443 g/mol. The third-order valence-electron chi connectivity index (χ3n) is 5.09. The van der Waals surface area contributed by atoms with Crippen LogP contribution in [0.2, 0.25) is 0 Å². The molecule has 1 amide bonds. The third kappa shape index (κ3) is 5.37. The molecule has 2 aromatic carbocycles. The number of aromatic nitrogens is 2. The number of hydrogen-bond acceptors (Lipinski definition) is 6. The zero-order valence-corrected chi connectivity index (χ0v) is 18.1. The molecule has 0 saturated carbocycles. The maximum absolute atomic E-state index is 14.0. The maximum Gasteiger partial charge on any atom is 0.229 e. The van der Waals surface area contributed by atoms with Crippen molar-refractivity contribution in [1.82, 2.24) is 10.2 Å². The topological polar surface area (TPSA) is 58.1 Å². The van der Waals surface area contributed by atoms with Crippen LogP contribution in [0.25, 0.3) is 0 Å². The van der Waals surface area contributed by atoms with Gasteiger partial charge in [0.2, 0.25) is 11.0 Å². The predicted octanol–water partition coefficient (Wildman–Crippen LogP) is 4.97. The van der Waals surface area contributed by atoms with Crippen LogP contribution in [0.1, 0.15) is 23.4 Å². The number of hydrogen-bond donors (Lipinski definition) is 1. The van der Waals surface area contributed by atoms with Crippen LogP contribution in [0.4, 0.5) is 15.2 Å². The van der Waals surface area contributed by atoms with Gasteiger partial charge in [0.05, 0.1) is 5.69 Å². The average Bonchev–Trinajstić information content (AvgIpc) is 3.22. The zero-order valence-electron chi connectivity index (χ0n) is 16.5. The number of carbonyl (C=O) groups excluding carboxylic acids is 1. The predicted molar refractivity (Wildman–Crippen MR) is 121 cm³/mol. The molecule has 30 heavy (non-hydrogen) atoms. The SMILES string of the molecule is O=C(Nc1nnc(CSCc2ccccc2)s1)C1CCN(c2ccccc2F)CC1. The summed E-state index contributed by atoms with van der Waals surface area (Å²) in [6, 6.07) is 17.1. The number of halogens is 1. The Balaban J connectivity index is 1.23. The first-order valence-electron chi connectivity index (χ1n) is 9.93. The molecule has 1 aromatic heterocycles. The van der Waals surface area contributed by atoms with E-state index < -0.39 is 0 Å². The van der Waals surface area contributed by atoms with E-state index in [2.05, 4.69) is 27.6 Å². The van der Waals surface area contributed by atoms with Crippen LogP contribution in [0, 0.1) is 11.7 Å². The molecule has 5 nitrogen and oxygen atoms in total. The Bertz CT molecular complexity index is 974. The maximum atomic E-state index is 14.0. The highest BCUT2D eigenvalue weighted by atomic mass is 32.2. The summed E-state index contributed by atoms with van der Waals surface area (Å²) in [7, 11) is 0. The van der Waals surface area contributed by atoms with Gasteiger partial charge in [0.15, 0.2) is 0 Å². The van der Waals surface area contributed by atoms with E-state index in [1.807, 2.05) is 29.2 Å². The van der Waals surface area contributed by atoms with E-state index in [-0.39, 0.29) is 17.6 Å². The summed E-state index contributed by atoms with van der Waals surface area (Å²) in [6.45, 7) is 1.33. The molecule has 0 atom stereocenters. The van der Waals surface area contributed by atoms with E-state index in [0.717, 1.165) is 16.5 Å². The first-order valence-corrected chi connectivity index (χ1v) is 11.9. The number of carbonyl (C=O) groups is 1. The summed E-state index contributed by atoms with van der Waals surface area (Å²) in [6.07, 6.45) is 1.39. The molecule has 3 aromatic rings. The number of amides is 1. The lowest BCUT2D eigenvalue weighted by Gasteiger charge is -2.33. The van der Waals surface area contributed by atoms with E-state index in [4.69, 9.17) is 0 Å². The lowest BCUT2D eigenvalue weighted by Crippen LogP contribution is -2.38. The number of para-hydroxylation sites is 1. The molecule has 0 spiro atoms. The number of rotatable bonds is 7. The summed E-state index contributed by atoms with van der Waals surface area (Å²) in [4.78, 5) is 14.6. The highest BCUT2D eigenvalue weighted by Crippen LogP contribution is 2.27. The number of benzene rings is 2. The quantitative estimate of drug-likeness (QED) is 0.560. The Labute approximate surface area is 183 Å². The van der Waals surface area contributed by atoms with E-state index >= 15 is 0 Å². The van der Waals surface area contributed by atoms with Crippen LogP contribution in [0.3, 0.4) is 0 Å². The number of nitrogens with zero attached hydrogens (tertiary/aromatic N) is 3. The van der Waals surface area contributed by atoms with E-state index in [1.165, 1.54) is 23.0 Å². The molecule has 1 saturated heterocycles. The zero-order chi connectivity index (χ0) is 20.8. The second kappa shape index (κ2) is 10.0. The molecule has 0 radical (unpaired) electrons. The van der Waals surface area contributed by atoms with Crippen LogP contribution < -0.4 is 10.2 Å². The Hall–Kier alpha value is -2.45. The number of anilines is 2. The molecular weight excluding hydrogens is 419 g/mol. The lowest BCUT2D eigenvalue weighted by molar-refractivity contribution is -0.120. The fourth-order valence-electron chi connectivity index (χ4n) is 3.49. The van der Waals surface area contributed by atoms with Crippen LogP contribution >= 0.6 is 23.1 Å². The van der Waals surface area contributed by atoms with Crippen LogP contribution in [0.15, 0.2) is 54.6 Å². The molecule has 1 N–H and O–H groups in total. The van der Waals surface area contributed by atoms with Gasteiger partial charge in [0, 0.05) is 30.5 Å². The van der Waals surface area contributed by atoms with Gasteiger partial charge < -0.3 is 10.2 Å². The Morgan fingerprint density at radius 1 is 1.07 bits per heavy atom. The minimum atomic E-state index is -0.216. The Kier molecular flexibility index (Phi) is 6.96. The first-order chi connectivity index (χ1) is 14.7. The number of nitrogens with one attached hydrogen (secondary N) is 1. The molecular formula is C22H23FN4OS2. The molecule has 2 heterocycles. The second-order valence-electron chi connectivity index (χ2n) is 7.18. The van der Waals surface area contributed by atoms with Crippen molar-refractivity contribution in [2.45, 2.75) is 24.3 Å².